The van der Waals surface area contributed by atoms with Crippen LogP contribution >= 0.6 is 0 Å². The molecule has 2 heterocycles. The maximum absolute atomic E-state index is 11.6. The Kier molecular flexibility index (Phi) is 4.14. The standard InChI is InChI=1S/C11H20N6O/c1-8-2-5-17(6-3-8)7-4-13-10(18)9-14-11(12)16-15-9/h8H,2-7H2,1H3,(H,13,18)(H3,12,14,15,16). The maximum atomic E-state index is 11.6. The lowest BCUT2D eigenvalue weighted by Gasteiger charge is -2.29. The van der Waals surface area contributed by atoms with Gasteiger partial charge in [-0.3, -0.25) is 9.89 Å². The molecule has 2 rings (SSSR count). The second kappa shape index (κ2) is 5.81. The van der Waals surface area contributed by atoms with E-state index in [2.05, 4.69) is 32.3 Å². The van der Waals surface area contributed by atoms with Gasteiger partial charge in [-0.2, -0.15) is 4.98 Å². The van der Waals surface area contributed by atoms with E-state index in [9.17, 15) is 4.79 Å². The second-order valence-corrected chi connectivity index (χ2v) is 4.82. The summed E-state index contributed by atoms with van der Waals surface area (Å²) in [6.07, 6.45) is 2.49. The molecular formula is C11H20N6O. The predicted octanol–water partition coefficient (Wildman–Crippen LogP) is -0.151. The van der Waals surface area contributed by atoms with Crippen LogP contribution in [0.25, 0.3) is 0 Å². The van der Waals surface area contributed by atoms with Gasteiger partial charge in [0.05, 0.1) is 0 Å². The Balaban J connectivity index is 1.67. The van der Waals surface area contributed by atoms with Gasteiger partial charge in [-0.15, -0.1) is 5.10 Å². The van der Waals surface area contributed by atoms with Crippen LogP contribution in [0.15, 0.2) is 0 Å². The number of piperidine rings is 1. The lowest BCUT2D eigenvalue weighted by molar-refractivity contribution is 0.0934. The van der Waals surface area contributed by atoms with E-state index in [4.69, 9.17) is 5.73 Å². The Morgan fingerprint density at radius 2 is 2.28 bits per heavy atom. The molecule has 1 aromatic heterocycles. The number of nitrogens with two attached hydrogens (primary N) is 1. The quantitative estimate of drug-likeness (QED) is 0.692. The highest BCUT2D eigenvalue weighted by Gasteiger charge is 2.16. The van der Waals surface area contributed by atoms with Crippen molar-refractivity contribution in [2.24, 2.45) is 5.92 Å². The third-order valence-corrected chi connectivity index (χ3v) is 3.31. The number of aromatic nitrogens is 3. The zero-order chi connectivity index (χ0) is 13.0. The molecule has 0 atom stereocenters. The Hall–Kier alpha value is -1.63. The van der Waals surface area contributed by atoms with Crippen LogP contribution in [0.1, 0.15) is 30.4 Å². The van der Waals surface area contributed by atoms with Crippen molar-refractivity contribution in [3.63, 3.8) is 0 Å². The third kappa shape index (κ3) is 3.43. The zero-order valence-electron chi connectivity index (χ0n) is 10.6. The topological polar surface area (TPSA) is 99.9 Å². The van der Waals surface area contributed by atoms with Gasteiger partial charge < -0.3 is 16.0 Å². The van der Waals surface area contributed by atoms with E-state index >= 15 is 0 Å². The summed E-state index contributed by atoms with van der Waals surface area (Å²) in [5.41, 5.74) is 5.33. The molecule has 7 nitrogen and oxygen atoms in total. The molecule has 4 N–H and O–H groups in total. The van der Waals surface area contributed by atoms with Crippen molar-refractivity contribution in [2.45, 2.75) is 19.8 Å². The van der Waals surface area contributed by atoms with Crippen LogP contribution in [0.4, 0.5) is 5.95 Å². The lowest BCUT2D eigenvalue weighted by atomic mass is 9.99. The molecule has 18 heavy (non-hydrogen) atoms. The fourth-order valence-corrected chi connectivity index (χ4v) is 2.07. The highest BCUT2D eigenvalue weighted by Crippen LogP contribution is 2.14. The van der Waals surface area contributed by atoms with Crippen LogP contribution in [0.2, 0.25) is 0 Å². The molecule has 0 saturated carbocycles. The number of nitrogens with zero attached hydrogens (tertiary/aromatic N) is 3. The third-order valence-electron chi connectivity index (χ3n) is 3.31. The van der Waals surface area contributed by atoms with Crippen LogP contribution in [0, 0.1) is 5.92 Å². The van der Waals surface area contributed by atoms with Crippen LogP contribution in [0.3, 0.4) is 0 Å². The van der Waals surface area contributed by atoms with Crippen molar-refractivity contribution < 1.29 is 4.79 Å². The van der Waals surface area contributed by atoms with Gasteiger partial charge in [0, 0.05) is 13.1 Å². The average molecular weight is 252 g/mol. The first-order chi connectivity index (χ1) is 8.65. The maximum Gasteiger partial charge on any atom is 0.288 e. The second-order valence-electron chi connectivity index (χ2n) is 4.82. The van der Waals surface area contributed by atoms with Gasteiger partial charge in [0.25, 0.3) is 5.91 Å². The van der Waals surface area contributed by atoms with E-state index in [0.29, 0.717) is 6.54 Å². The minimum absolute atomic E-state index is 0.0881. The molecule has 1 aliphatic heterocycles. The normalized spacial score (nSPS) is 17.8. The van der Waals surface area contributed by atoms with E-state index in [1.807, 2.05) is 0 Å². The number of aromatic amines is 1. The predicted molar refractivity (Wildman–Crippen MR) is 68.0 cm³/mol. The van der Waals surface area contributed by atoms with Crippen LogP contribution in [-0.2, 0) is 0 Å². The molecule has 1 aromatic rings. The van der Waals surface area contributed by atoms with Gasteiger partial charge in [-0.1, -0.05) is 6.92 Å². The summed E-state index contributed by atoms with van der Waals surface area (Å²) in [5.74, 6) is 0.822. The molecular weight excluding hydrogens is 232 g/mol. The molecule has 100 valence electrons. The van der Waals surface area contributed by atoms with Gasteiger partial charge in [0.2, 0.25) is 11.8 Å². The molecule has 0 unspecified atom stereocenters. The van der Waals surface area contributed by atoms with Crippen LogP contribution in [-0.4, -0.2) is 52.2 Å². The summed E-state index contributed by atoms with van der Waals surface area (Å²) in [4.78, 5) is 17.8. The smallest absolute Gasteiger partial charge is 0.288 e. The number of carbonyl (C=O) groups excluding carboxylic acids is 1. The number of hydrogen-bond donors (Lipinski definition) is 3. The van der Waals surface area contributed by atoms with Crippen molar-refractivity contribution in [3.05, 3.63) is 5.82 Å². The fourth-order valence-electron chi connectivity index (χ4n) is 2.07. The molecule has 7 heteroatoms. The highest BCUT2D eigenvalue weighted by molar-refractivity contribution is 5.90. The van der Waals surface area contributed by atoms with E-state index < -0.39 is 0 Å². The summed E-state index contributed by atoms with van der Waals surface area (Å²) >= 11 is 0. The summed E-state index contributed by atoms with van der Waals surface area (Å²) in [7, 11) is 0. The molecule has 1 fully saturated rings. The first-order valence-electron chi connectivity index (χ1n) is 6.33. The first kappa shape index (κ1) is 12.8. The molecule has 0 aromatic carbocycles. The van der Waals surface area contributed by atoms with Crippen molar-refractivity contribution in [3.8, 4) is 0 Å². The van der Waals surface area contributed by atoms with Crippen molar-refractivity contribution in [1.29, 1.82) is 0 Å². The Bertz CT molecular complexity index is 396. The molecule has 0 radical (unpaired) electrons. The largest absolute Gasteiger partial charge is 0.366 e. The van der Waals surface area contributed by atoms with Gasteiger partial charge >= 0.3 is 0 Å². The molecule has 1 saturated heterocycles. The summed E-state index contributed by atoms with van der Waals surface area (Å²) in [6, 6.07) is 0. The summed E-state index contributed by atoms with van der Waals surface area (Å²) < 4.78 is 0. The Morgan fingerprint density at radius 3 is 2.89 bits per heavy atom. The number of hydrogen-bond acceptors (Lipinski definition) is 5. The minimum Gasteiger partial charge on any atom is -0.366 e. The summed E-state index contributed by atoms with van der Waals surface area (Å²) in [5, 5.41) is 8.90. The van der Waals surface area contributed by atoms with Crippen molar-refractivity contribution in [2.75, 3.05) is 31.9 Å². The average Bonchev–Trinajstić information content (AvgIpc) is 2.78. The Labute approximate surface area is 106 Å². The zero-order valence-corrected chi connectivity index (χ0v) is 10.6. The molecule has 1 amide bonds. The van der Waals surface area contributed by atoms with Crippen LogP contribution < -0.4 is 11.1 Å². The van der Waals surface area contributed by atoms with E-state index in [1.54, 1.807) is 0 Å². The number of amides is 1. The number of H-pyrrole nitrogens is 1. The van der Waals surface area contributed by atoms with Gasteiger partial charge in [0.1, 0.15) is 0 Å². The molecule has 0 bridgehead atoms. The fraction of sp³-hybridized carbons (Fsp3) is 0.727. The van der Waals surface area contributed by atoms with Gasteiger partial charge in [-0.05, 0) is 31.8 Å². The molecule has 0 spiro atoms. The monoisotopic (exact) mass is 252 g/mol. The Morgan fingerprint density at radius 1 is 1.56 bits per heavy atom. The summed E-state index contributed by atoms with van der Waals surface area (Å²) in [6.45, 7) is 6.02. The van der Waals surface area contributed by atoms with E-state index in [1.165, 1.54) is 12.8 Å². The lowest BCUT2D eigenvalue weighted by Crippen LogP contribution is -2.39. The number of nitrogen functional groups attached to an aromatic ring is 1. The van der Waals surface area contributed by atoms with Gasteiger partial charge in [-0.25, -0.2) is 0 Å². The first-order valence-corrected chi connectivity index (χ1v) is 6.33. The van der Waals surface area contributed by atoms with Crippen molar-refractivity contribution in [1.82, 2.24) is 25.4 Å². The van der Waals surface area contributed by atoms with Crippen molar-refractivity contribution >= 4 is 11.9 Å². The SMILES string of the molecule is CC1CCN(CCNC(=O)c2nc(N)n[nH]2)CC1. The minimum atomic E-state index is -0.260. The molecule has 0 aliphatic carbocycles. The van der Waals surface area contributed by atoms with Crippen LogP contribution in [0.5, 0.6) is 0 Å². The highest BCUT2D eigenvalue weighted by atomic mass is 16.2. The van der Waals surface area contributed by atoms with E-state index in [-0.39, 0.29) is 17.7 Å². The number of likely N-dealkylation sites (tertiary alicyclic amines) is 1. The number of anilines is 1. The van der Waals surface area contributed by atoms with E-state index in [0.717, 1.165) is 25.6 Å². The number of nitrogens with one attached hydrogen (secondary N) is 2. The molecule has 1 aliphatic rings. The number of carbonyl (C=O) groups is 1. The van der Waals surface area contributed by atoms with Gasteiger partial charge in [0.15, 0.2) is 0 Å². The number of rotatable bonds is 4.